The van der Waals surface area contributed by atoms with E-state index in [1.54, 1.807) is 18.2 Å². The molecule has 0 amide bonds. The summed E-state index contributed by atoms with van der Waals surface area (Å²) in [6.07, 6.45) is -3.38. The molecular weight excluding hydrogens is 393 g/mol. The minimum atomic E-state index is -4.52. The molecule has 1 saturated heterocycles. The first-order chi connectivity index (χ1) is 14.4. The van der Waals surface area contributed by atoms with Gasteiger partial charge in [0, 0.05) is 12.1 Å². The number of para-hydroxylation sites is 2. The van der Waals surface area contributed by atoms with Crippen molar-refractivity contribution in [1.82, 2.24) is 14.9 Å². The van der Waals surface area contributed by atoms with Crippen molar-refractivity contribution < 1.29 is 17.9 Å². The normalized spacial score (nSPS) is 24.6. The minimum absolute atomic E-state index is 0.0844. The van der Waals surface area contributed by atoms with Gasteiger partial charge in [0.15, 0.2) is 0 Å². The molecule has 0 aliphatic carbocycles. The molecule has 1 fully saturated rings. The van der Waals surface area contributed by atoms with Gasteiger partial charge < -0.3 is 15.0 Å². The monoisotopic (exact) mass is 416 g/mol. The van der Waals surface area contributed by atoms with Gasteiger partial charge in [0.1, 0.15) is 17.9 Å². The second-order valence-electron chi connectivity index (χ2n) is 8.21. The van der Waals surface area contributed by atoms with Crippen LogP contribution in [0.25, 0.3) is 11.0 Å². The van der Waals surface area contributed by atoms with Crippen LogP contribution in [0.15, 0.2) is 42.5 Å². The van der Waals surface area contributed by atoms with Crippen molar-refractivity contribution in [2.24, 2.45) is 5.92 Å². The maximum Gasteiger partial charge on any atom is 0.449 e. The van der Waals surface area contributed by atoms with Gasteiger partial charge in [-0.2, -0.15) is 13.2 Å². The number of fused-ring (bicyclic) bond motifs is 2. The molecule has 0 radical (unpaired) electrons. The molecule has 3 heterocycles. The topological polar surface area (TPSA) is 53.2 Å². The molecule has 2 aromatic carbocycles. The number of aromatic amines is 1. The lowest BCUT2D eigenvalue weighted by molar-refractivity contribution is -0.144. The summed E-state index contributed by atoms with van der Waals surface area (Å²) in [5, 5.41) is 3.52. The number of likely N-dealkylation sites (tertiary alicyclic amines) is 1. The van der Waals surface area contributed by atoms with Gasteiger partial charge in [-0.15, -0.1) is 0 Å². The Hall–Kier alpha value is -2.74. The zero-order valence-electron chi connectivity index (χ0n) is 16.5. The molecule has 0 saturated carbocycles. The van der Waals surface area contributed by atoms with E-state index in [9.17, 15) is 13.2 Å². The molecule has 8 heteroatoms. The Morgan fingerprint density at radius 3 is 2.77 bits per heavy atom. The average Bonchev–Trinajstić information content (AvgIpc) is 3.35. The first kappa shape index (κ1) is 19.2. The van der Waals surface area contributed by atoms with Gasteiger partial charge in [-0.05, 0) is 37.1 Å². The van der Waals surface area contributed by atoms with Crippen LogP contribution in [0.2, 0.25) is 0 Å². The Kier molecular flexibility index (Phi) is 4.61. The van der Waals surface area contributed by atoms with Gasteiger partial charge in [0.05, 0.1) is 23.3 Å². The van der Waals surface area contributed by atoms with Crippen molar-refractivity contribution in [3.8, 4) is 5.75 Å². The van der Waals surface area contributed by atoms with Crippen LogP contribution in [-0.2, 0) is 6.18 Å². The molecule has 0 spiro atoms. The minimum Gasteiger partial charge on any atom is -0.491 e. The van der Waals surface area contributed by atoms with E-state index in [0.29, 0.717) is 29.2 Å². The second-order valence-corrected chi connectivity index (χ2v) is 8.21. The molecule has 3 atom stereocenters. The molecule has 0 bridgehead atoms. The summed E-state index contributed by atoms with van der Waals surface area (Å²) in [4.78, 5) is 8.67. The van der Waals surface area contributed by atoms with E-state index in [0.717, 1.165) is 30.8 Å². The van der Waals surface area contributed by atoms with E-state index < -0.39 is 12.0 Å². The summed E-state index contributed by atoms with van der Waals surface area (Å²) in [7, 11) is 0. The number of anilines is 1. The third kappa shape index (κ3) is 3.39. The number of halogens is 3. The van der Waals surface area contributed by atoms with E-state index in [1.807, 2.05) is 24.3 Å². The number of ether oxygens (including phenoxy) is 1. The Bertz CT molecular complexity index is 1060. The number of aromatic nitrogens is 2. The number of alkyl halides is 3. The summed E-state index contributed by atoms with van der Waals surface area (Å²) >= 11 is 0. The van der Waals surface area contributed by atoms with E-state index in [1.165, 1.54) is 0 Å². The van der Waals surface area contributed by atoms with Crippen molar-refractivity contribution in [3.05, 3.63) is 53.9 Å². The quantitative estimate of drug-likeness (QED) is 0.642. The molecule has 5 rings (SSSR count). The van der Waals surface area contributed by atoms with E-state index >= 15 is 0 Å². The van der Waals surface area contributed by atoms with E-state index in [4.69, 9.17) is 4.74 Å². The van der Waals surface area contributed by atoms with Gasteiger partial charge in [-0.25, -0.2) is 4.98 Å². The Labute approximate surface area is 172 Å². The number of imidazole rings is 1. The highest BCUT2D eigenvalue weighted by Gasteiger charge is 2.38. The molecule has 5 nitrogen and oxygen atoms in total. The first-order valence-corrected chi connectivity index (χ1v) is 10.2. The molecule has 0 unspecified atom stereocenters. The summed E-state index contributed by atoms with van der Waals surface area (Å²) in [6.45, 7) is 4.74. The number of nitrogens with one attached hydrogen (secondary N) is 2. The smallest absolute Gasteiger partial charge is 0.449 e. The Morgan fingerprint density at radius 2 is 2.00 bits per heavy atom. The molecule has 2 aliphatic heterocycles. The average molecular weight is 416 g/mol. The lowest BCUT2D eigenvalue weighted by atomic mass is 9.94. The van der Waals surface area contributed by atoms with Crippen LogP contribution in [0.1, 0.15) is 30.8 Å². The largest absolute Gasteiger partial charge is 0.491 e. The van der Waals surface area contributed by atoms with Crippen LogP contribution in [0, 0.1) is 5.92 Å². The molecule has 3 aromatic rings. The van der Waals surface area contributed by atoms with Crippen LogP contribution < -0.4 is 10.1 Å². The lowest BCUT2D eigenvalue weighted by Crippen LogP contribution is -2.47. The number of hydrogen-bond donors (Lipinski definition) is 2. The zero-order valence-corrected chi connectivity index (χ0v) is 16.5. The number of hydrogen-bond acceptors (Lipinski definition) is 4. The molecule has 1 aromatic heterocycles. The fraction of sp³-hybridized carbons (Fsp3) is 0.409. The van der Waals surface area contributed by atoms with Crippen molar-refractivity contribution in [3.63, 3.8) is 0 Å². The van der Waals surface area contributed by atoms with Crippen LogP contribution >= 0.6 is 0 Å². The molecule has 30 heavy (non-hydrogen) atoms. The SMILES string of the molecule is C[C@H]1CCN([C@H]2COc3ccccc3[C@@H]2Nc2cccc3[nH]c(C(F)(F)F)nc23)C1. The van der Waals surface area contributed by atoms with Crippen LogP contribution in [0.5, 0.6) is 5.75 Å². The lowest BCUT2D eigenvalue weighted by Gasteiger charge is -2.39. The number of nitrogens with zero attached hydrogens (tertiary/aromatic N) is 2. The van der Waals surface area contributed by atoms with Gasteiger partial charge in [-0.3, -0.25) is 4.90 Å². The maximum atomic E-state index is 13.2. The fourth-order valence-electron chi connectivity index (χ4n) is 4.56. The van der Waals surface area contributed by atoms with E-state index in [2.05, 4.69) is 27.1 Å². The van der Waals surface area contributed by atoms with Crippen molar-refractivity contribution in [1.29, 1.82) is 0 Å². The molecular formula is C22H23F3N4O. The highest BCUT2D eigenvalue weighted by Crippen LogP contribution is 2.39. The summed E-state index contributed by atoms with van der Waals surface area (Å²) < 4.78 is 45.6. The van der Waals surface area contributed by atoms with Crippen molar-refractivity contribution >= 4 is 16.7 Å². The standard InChI is InChI=1S/C22H23F3N4O/c1-13-9-10-29(11-13)17-12-30-18-8-3-2-5-14(18)19(17)26-15-6-4-7-16-20(15)28-21(27-16)22(23,24)25/h2-8,13,17,19,26H,9-12H2,1H3,(H,27,28)/t13-,17-,19-/m0/s1. The summed E-state index contributed by atoms with van der Waals surface area (Å²) in [5.74, 6) is 0.444. The Morgan fingerprint density at radius 1 is 1.17 bits per heavy atom. The maximum absolute atomic E-state index is 13.2. The third-order valence-electron chi connectivity index (χ3n) is 6.06. The predicted molar refractivity (Wildman–Crippen MR) is 109 cm³/mol. The molecule has 2 aliphatic rings. The van der Waals surface area contributed by atoms with Crippen LogP contribution in [-0.4, -0.2) is 40.6 Å². The van der Waals surface area contributed by atoms with Gasteiger partial charge in [0.25, 0.3) is 0 Å². The highest BCUT2D eigenvalue weighted by molar-refractivity contribution is 5.88. The van der Waals surface area contributed by atoms with Crippen LogP contribution in [0.4, 0.5) is 18.9 Å². The zero-order chi connectivity index (χ0) is 20.9. The number of H-pyrrole nitrogens is 1. The van der Waals surface area contributed by atoms with Crippen LogP contribution in [0.3, 0.4) is 0 Å². The fourth-order valence-corrected chi connectivity index (χ4v) is 4.56. The second kappa shape index (κ2) is 7.19. The molecule has 158 valence electrons. The predicted octanol–water partition coefficient (Wildman–Crippen LogP) is 4.84. The van der Waals surface area contributed by atoms with Gasteiger partial charge in [0.2, 0.25) is 5.82 Å². The summed E-state index contributed by atoms with van der Waals surface area (Å²) in [5.41, 5.74) is 2.25. The van der Waals surface area contributed by atoms with E-state index in [-0.39, 0.29) is 12.1 Å². The number of benzene rings is 2. The molecule has 2 N–H and O–H groups in total. The summed E-state index contributed by atoms with van der Waals surface area (Å²) in [6, 6.07) is 12.9. The van der Waals surface area contributed by atoms with Crippen molar-refractivity contribution in [2.45, 2.75) is 31.6 Å². The Balaban J connectivity index is 1.54. The van der Waals surface area contributed by atoms with Gasteiger partial charge in [-0.1, -0.05) is 31.2 Å². The van der Waals surface area contributed by atoms with Gasteiger partial charge >= 0.3 is 6.18 Å². The van der Waals surface area contributed by atoms with Crippen molar-refractivity contribution in [2.75, 3.05) is 25.0 Å². The highest BCUT2D eigenvalue weighted by atomic mass is 19.4. The number of rotatable bonds is 3. The third-order valence-corrected chi connectivity index (χ3v) is 6.06. The first-order valence-electron chi connectivity index (χ1n) is 10.2.